The molecule has 4 N–H and O–H groups in total. The van der Waals surface area contributed by atoms with Crippen LogP contribution in [-0.2, 0) is 9.53 Å². The molecule has 1 fully saturated rings. The molecule has 0 saturated carbocycles. The molecule has 1 saturated heterocycles. The van der Waals surface area contributed by atoms with E-state index in [2.05, 4.69) is 5.32 Å². The Morgan fingerprint density at radius 2 is 1.96 bits per heavy atom. The van der Waals surface area contributed by atoms with E-state index in [1.54, 1.807) is 5.32 Å². The number of hydrogen-bond acceptors (Lipinski definition) is 5. The highest BCUT2D eigenvalue weighted by Crippen LogP contribution is 2.43. The first-order valence-corrected chi connectivity index (χ1v) is 7.34. The minimum absolute atomic E-state index is 0.103. The second-order valence-electron chi connectivity index (χ2n) is 5.16. The quantitative estimate of drug-likeness (QED) is 0.475. The number of benzene rings is 1. The molecule has 0 aromatic heterocycles. The predicted octanol–water partition coefficient (Wildman–Crippen LogP) is 1.34. The van der Waals surface area contributed by atoms with Crippen molar-refractivity contribution in [3.05, 3.63) is 29.8 Å². The summed E-state index contributed by atoms with van der Waals surface area (Å²) in [7, 11) is 0. The fourth-order valence-corrected chi connectivity index (χ4v) is 2.78. The maximum absolute atomic E-state index is 13.5. The smallest absolute Gasteiger partial charge is 0.437 e. The molecule has 1 aromatic rings. The number of rotatable bonds is 3. The molecule has 1 aliphatic heterocycles. The Morgan fingerprint density at radius 1 is 1.38 bits per heavy atom. The lowest BCUT2D eigenvalue weighted by molar-refractivity contribution is -0.292. The number of phenols is 1. The molecular weight excluding hydrogens is 349 g/mol. The number of phenolic OH excluding ortho intramolecular Hbond substituents is 1. The third-order valence-electron chi connectivity index (χ3n) is 3.60. The van der Waals surface area contributed by atoms with E-state index in [-0.39, 0.29) is 17.9 Å². The van der Waals surface area contributed by atoms with Gasteiger partial charge in [0.15, 0.2) is 5.11 Å². The first-order chi connectivity index (χ1) is 11.1. The number of hydrogen-bond donors (Lipinski definition) is 4. The summed E-state index contributed by atoms with van der Waals surface area (Å²) >= 11 is 4.75. The average molecular weight is 364 g/mol. The molecule has 1 aromatic carbocycles. The lowest BCUT2D eigenvalue weighted by Gasteiger charge is -2.45. The van der Waals surface area contributed by atoms with Crippen molar-refractivity contribution in [1.82, 2.24) is 10.6 Å². The molecule has 6 nitrogen and oxygen atoms in total. The zero-order valence-electron chi connectivity index (χ0n) is 12.4. The summed E-state index contributed by atoms with van der Waals surface area (Å²) in [5.74, 6) is -3.39. The van der Waals surface area contributed by atoms with Gasteiger partial charge in [-0.15, -0.1) is 0 Å². The molecule has 3 atom stereocenters. The Hall–Kier alpha value is -2.07. The number of aliphatic hydroxyl groups is 1. The van der Waals surface area contributed by atoms with Crippen LogP contribution in [0.25, 0.3) is 0 Å². The monoisotopic (exact) mass is 364 g/mol. The number of aromatic hydroxyl groups is 1. The number of halogens is 3. The third kappa shape index (κ3) is 3.24. The molecule has 0 spiro atoms. The molecule has 132 valence electrons. The number of carbonyl (C=O) groups is 1. The van der Waals surface area contributed by atoms with Gasteiger partial charge in [-0.05, 0) is 36.8 Å². The van der Waals surface area contributed by atoms with Gasteiger partial charge in [-0.2, -0.15) is 13.2 Å². The van der Waals surface area contributed by atoms with Crippen molar-refractivity contribution in [3.8, 4) is 5.75 Å². The SMILES string of the molecule is CCOC(=O)[C@H]1[C@@H](c2ccc(O)cc2)NC(=S)N[C@]1(O)C(F)(F)F. The minimum Gasteiger partial charge on any atom is -0.508 e. The number of thiocarbonyl (C=S) groups is 1. The first-order valence-electron chi connectivity index (χ1n) is 6.93. The highest BCUT2D eigenvalue weighted by Gasteiger charge is 2.66. The van der Waals surface area contributed by atoms with E-state index in [0.717, 1.165) is 0 Å². The lowest BCUT2D eigenvalue weighted by atomic mass is 9.82. The Labute approximate surface area is 140 Å². The van der Waals surface area contributed by atoms with Crippen LogP contribution in [0.2, 0.25) is 0 Å². The van der Waals surface area contributed by atoms with Gasteiger partial charge in [0.2, 0.25) is 0 Å². The second kappa shape index (κ2) is 6.44. The van der Waals surface area contributed by atoms with Gasteiger partial charge in [-0.25, -0.2) is 0 Å². The van der Waals surface area contributed by atoms with Crippen LogP contribution in [0.4, 0.5) is 13.2 Å². The summed E-state index contributed by atoms with van der Waals surface area (Å²) in [6.07, 6.45) is -5.19. The van der Waals surface area contributed by atoms with Gasteiger partial charge in [0.1, 0.15) is 11.7 Å². The largest absolute Gasteiger partial charge is 0.508 e. The summed E-state index contributed by atoms with van der Waals surface area (Å²) in [6, 6.07) is 3.84. The van der Waals surface area contributed by atoms with Crippen LogP contribution in [0.1, 0.15) is 18.5 Å². The maximum Gasteiger partial charge on any atom is 0.437 e. The van der Waals surface area contributed by atoms with Crippen LogP contribution in [-0.4, -0.2) is 39.8 Å². The maximum atomic E-state index is 13.5. The van der Waals surface area contributed by atoms with Gasteiger partial charge >= 0.3 is 12.1 Å². The van der Waals surface area contributed by atoms with E-state index < -0.39 is 34.9 Å². The van der Waals surface area contributed by atoms with E-state index in [1.165, 1.54) is 31.2 Å². The average Bonchev–Trinajstić information content (AvgIpc) is 2.46. The standard InChI is InChI=1S/C14H15F3N2O4S/c1-2-23-11(21)9-10(7-3-5-8(20)6-4-7)18-12(24)19-13(9,22)14(15,16)17/h3-6,9-10,20,22H,2H2,1H3,(H2,18,19,24)/t9-,10-,13-/m1/s1. The van der Waals surface area contributed by atoms with Crippen LogP contribution in [0.5, 0.6) is 5.75 Å². The molecule has 10 heteroatoms. The molecule has 0 unspecified atom stereocenters. The zero-order valence-corrected chi connectivity index (χ0v) is 13.2. The summed E-state index contributed by atoms with van der Waals surface area (Å²) in [5.41, 5.74) is -3.37. The lowest BCUT2D eigenvalue weighted by Crippen LogP contribution is -2.73. The molecular formula is C14H15F3N2O4S. The predicted molar refractivity (Wildman–Crippen MR) is 80.8 cm³/mol. The van der Waals surface area contributed by atoms with Gasteiger partial charge in [-0.3, -0.25) is 4.79 Å². The molecule has 1 aliphatic rings. The van der Waals surface area contributed by atoms with E-state index in [9.17, 15) is 28.2 Å². The zero-order chi connectivity index (χ0) is 18.1. The summed E-state index contributed by atoms with van der Waals surface area (Å²) < 4.78 is 45.1. The van der Waals surface area contributed by atoms with Gasteiger partial charge in [0.05, 0.1) is 12.6 Å². The van der Waals surface area contributed by atoms with Crippen LogP contribution in [0.15, 0.2) is 24.3 Å². The van der Waals surface area contributed by atoms with Crippen molar-refractivity contribution < 1.29 is 32.9 Å². The van der Waals surface area contributed by atoms with Crippen molar-refractivity contribution in [2.45, 2.75) is 24.9 Å². The summed E-state index contributed by atoms with van der Waals surface area (Å²) in [6.45, 7) is 1.28. The highest BCUT2D eigenvalue weighted by atomic mass is 32.1. The van der Waals surface area contributed by atoms with E-state index in [1.807, 2.05) is 0 Å². The van der Waals surface area contributed by atoms with Crippen molar-refractivity contribution in [2.24, 2.45) is 5.92 Å². The molecule has 2 rings (SSSR count). The molecule has 0 amide bonds. The van der Waals surface area contributed by atoms with E-state index in [4.69, 9.17) is 17.0 Å². The van der Waals surface area contributed by atoms with Crippen molar-refractivity contribution in [3.63, 3.8) is 0 Å². The third-order valence-corrected chi connectivity index (χ3v) is 3.82. The number of alkyl halides is 3. The van der Waals surface area contributed by atoms with Crippen LogP contribution < -0.4 is 10.6 Å². The topological polar surface area (TPSA) is 90.8 Å². The highest BCUT2D eigenvalue weighted by molar-refractivity contribution is 7.80. The summed E-state index contributed by atoms with van der Waals surface area (Å²) in [4.78, 5) is 12.2. The van der Waals surface area contributed by atoms with Gasteiger partial charge in [0, 0.05) is 0 Å². The molecule has 0 radical (unpaired) electrons. The van der Waals surface area contributed by atoms with Gasteiger partial charge in [0.25, 0.3) is 5.72 Å². The van der Waals surface area contributed by atoms with Crippen LogP contribution in [0.3, 0.4) is 0 Å². The number of nitrogens with one attached hydrogen (secondary N) is 2. The Balaban J connectivity index is 2.55. The number of ether oxygens (including phenoxy) is 1. The van der Waals surface area contributed by atoms with E-state index >= 15 is 0 Å². The fraction of sp³-hybridized carbons (Fsp3) is 0.429. The Bertz CT molecular complexity index is 638. The Kier molecular flexibility index (Phi) is 4.90. The fourth-order valence-electron chi connectivity index (χ4n) is 2.50. The first kappa shape index (κ1) is 18.3. The number of esters is 1. The van der Waals surface area contributed by atoms with Crippen molar-refractivity contribution in [2.75, 3.05) is 6.61 Å². The molecule has 0 bridgehead atoms. The van der Waals surface area contributed by atoms with Crippen LogP contribution >= 0.6 is 12.2 Å². The van der Waals surface area contributed by atoms with Gasteiger partial charge < -0.3 is 25.6 Å². The van der Waals surface area contributed by atoms with Crippen LogP contribution in [0, 0.1) is 5.92 Å². The normalized spacial score (nSPS) is 27.1. The minimum atomic E-state index is -5.19. The number of carbonyl (C=O) groups excluding carboxylic acids is 1. The molecule has 24 heavy (non-hydrogen) atoms. The van der Waals surface area contributed by atoms with Crippen molar-refractivity contribution in [1.29, 1.82) is 0 Å². The Morgan fingerprint density at radius 3 is 2.46 bits per heavy atom. The van der Waals surface area contributed by atoms with Crippen molar-refractivity contribution >= 4 is 23.3 Å². The molecule has 1 heterocycles. The van der Waals surface area contributed by atoms with Gasteiger partial charge in [-0.1, -0.05) is 12.1 Å². The molecule has 0 aliphatic carbocycles. The van der Waals surface area contributed by atoms with E-state index in [0.29, 0.717) is 0 Å². The second-order valence-corrected chi connectivity index (χ2v) is 5.57. The summed E-state index contributed by atoms with van der Waals surface area (Å²) in [5, 5.41) is 23.3.